The molecule has 0 radical (unpaired) electrons. The molecule has 1 fully saturated rings. The van der Waals surface area contributed by atoms with E-state index in [2.05, 4.69) is 5.32 Å². The van der Waals surface area contributed by atoms with Crippen molar-refractivity contribution in [2.24, 2.45) is 0 Å². The summed E-state index contributed by atoms with van der Waals surface area (Å²) < 4.78 is 17.5. The maximum Gasteiger partial charge on any atom is 0.335 e. The van der Waals surface area contributed by atoms with Crippen LogP contribution in [0.15, 0.2) is 96.6 Å². The minimum absolute atomic E-state index is 0.139. The van der Waals surface area contributed by atoms with E-state index in [1.807, 2.05) is 36.4 Å². The lowest BCUT2D eigenvalue weighted by atomic mass is 10.1. The zero-order valence-corrected chi connectivity index (χ0v) is 23.8. The number of carbonyl (C=O) groups excluding carboxylic acids is 3. The molecule has 0 atom stereocenters. The molecule has 10 heteroatoms. The number of halogens is 2. The van der Waals surface area contributed by atoms with Crippen molar-refractivity contribution in [3.05, 3.63) is 123 Å². The predicted octanol–water partition coefficient (Wildman–Crippen LogP) is 6.83. The molecule has 0 unspecified atom stereocenters. The zero-order valence-electron chi connectivity index (χ0n) is 22.3. The molecule has 0 aliphatic carbocycles. The SMILES string of the molecule is COc1cc(COc2ccc(Cl)cc2/C=C2\C(=O)NC(=O)N(c3cccc(Cl)c3)C2=O)ccc1OCc1ccccc1. The van der Waals surface area contributed by atoms with Crippen molar-refractivity contribution in [2.45, 2.75) is 13.2 Å². The molecule has 1 aliphatic rings. The Bertz CT molecular complexity index is 1690. The van der Waals surface area contributed by atoms with Gasteiger partial charge in [0.15, 0.2) is 11.5 Å². The van der Waals surface area contributed by atoms with Crippen molar-refractivity contribution in [2.75, 3.05) is 12.0 Å². The molecule has 4 aromatic carbocycles. The topological polar surface area (TPSA) is 94.2 Å². The number of urea groups is 1. The standard InChI is InChI=1S/C32H24Cl2N2O6/c1-40-29-14-21(10-12-28(29)42-18-20-6-3-2-4-7-20)19-41-27-13-11-24(34)15-22(27)16-26-30(37)35-32(39)36(31(26)38)25-9-5-8-23(33)17-25/h2-17H,18-19H2,1H3,(H,35,37,39)/b26-16+. The number of benzene rings is 4. The molecule has 5 rings (SSSR count). The van der Waals surface area contributed by atoms with Crippen LogP contribution in [-0.4, -0.2) is 25.0 Å². The van der Waals surface area contributed by atoms with Crippen LogP contribution in [0, 0.1) is 0 Å². The van der Waals surface area contributed by atoms with Gasteiger partial charge in [-0.1, -0.05) is 65.7 Å². The second kappa shape index (κ2) is 12.8. The molecule has 8 nitrogen and oxygen atoms in total. The molecule has 212 valence electrons. The van der Waals surface area contributed by atoms with Gasteiger partial charge in [0.2, 0.25) is 0 Å². The maximum atomic E-state index is 13.3. The highest BCUT2D eigenvalue weighted by atomic mass is 35.5. The van der Waals surface area contributed by atoms with Crippen LogP contribution in [0.25, 0.3) is 6.08 Å². The largest absolute Gasteiger partial charge is 0.493 e. The van der Waals surface area contributed by atoms with E-state index in [1.54, 1.807) is 49.6 Å². The third-order valence-electron chi connectivity index (χ3n) is 6.30. The van der Waals surface area contributed by atoms with Gasteiger partial charge in [-0.3, -0.25) is 14.9 Å². The van der Waals surface area contributed by atoms with Crippen LogP contribution in [0.4, 0.5) is 10.5 Å². The number of imide groups is 2. The molecule has 0 bridgehead atoms. The van der Waals surface area contributed by atoms with Gasteiger partial charge in [-0.25, -0.2) is 9.69 Å². The highest BCUT2D eigenvalue weighted by Crippen LogP contribution is 2.32. The summed E-state index contributed by atoms with van der Waals surface area (Å²) in [6.07, 6.45) is 1.34. The van der Waals surface area contributed by atoms with Gasteiger partial charge in [0.05, 0.1) is 12.8 Å². The van der Waals surface area contributed by atoms with Crippen LogP contribution in [0.3, 0.4) is 0 Å². The lowest BCUT2D eigenvalue weighted by Crippen LogP contribution is -2.54. The van der Waals surface area contributed by atoms with Crippen LogP contribution in [0.2, 0.25) is 10.0 Å². The number of amides is 4. The summed E-state index contributed by atoms with van der Waals surface area (Å²) in [6, 6.07) is 25.4. The normalized spacial score (nSPS) is 14.1. The molecule has 1 N–H and O–H groups in total. The Morgan fingerprint density at radius 1 is 0.738 bits per heavy atom. The minimum Gasteiger partial charge on any atom is -0.493 e. The van der Waals surface area contributed by atoms with Gasteiger partial charge < -0.3 is 14.2 Å². The van der Waals surface area contributed by atoms with Gasteiger partial charge in [-0.15, -0.1) is 0 Å². The predicted molar refractivity (Wildman–Crippen MR) is 160 cm³/mol. The lowest BCUT2D eigenvalue weighted by Gasteiger charge is -2.26. The fraction of sp³-hybridized carbons (Fsp3) is 0.0938. The first kappa shape index (κ1) is 28.7. The van der Waals surface area contributed by atoms with Gasteiger partial charge in [-0.2, -0.15) is 0 Å². The fourth-order valence-electron chi connectivity index (χ4n) is 4.24. The smallest absolute Gasteiger partial charge is 0.335 e. The average molecular weight is 603 g/mol. The van der Waals surface area contributed by atoms with Crippen LogP contribution in [0.5, 0.6) is 17.2 Å². The summed E-state index contributed by atoms with van der Waals surface area (Å²) in [5, 5.41) is 2.89. The summed E-state index contributed by atoms with van der Waals surface area (Å²) in [5.41, 5.74) is 2.13. The number of barbiturate groups is 1. The van der Waals surface area contributed by atoms with Gasteiger partial charge in [0.25, 0.3) is 11.8 Å². The summed E-state index contributed by atoms with van der Waals surface area (Å²) in [7, 11) is 1.56. The van der Waals surface area contributed by atoms with Crippen LogP contribution in [-0.2, 0) is 22.8 Å². The molecule has 0 saturated carbocycles. The van der Waals surface area contributed by atoms with E-state index in [0.717, 1.165) is 16.0 Å². The highest BCUT2D eigenvalue weighted by Gasteiger charge is 2.37. The van der Waals surface area contributed by atoms with Crippen molar-refractivity contribution in [3.8, 4) is 17.2 Å². The average Bonchev–Trinajstić information content (AvgIpc) is 2.98. The summed E-state index contributed by atoms with van der Waals surface area (Å²) in [4.78, 5) is 39.4. The highest BCUT2D eigenvalue weighted by molar-refractivity contribution is 6.39. The number of nitrogens with zero attached hydrogens (tertiary/aromatic N) is 1. The maximum absolute atomic E-state index is 13.3. The Morgan fingerprint density at radius 2 is 1.45 bits per heavy atom. The number of hydrogen-bond acceptors (Lipinski definition) is 6. The first-order valence-electron chi connectivity index (χ1n) is 12.8. The number of carbonyl (C=O) groups is 3. The molecule has 4 amide bonds. The molecule has 0 spiro atoms. The van der Waals surface area contributed by atoms with E-state index in [4.69, 9.17) is 37.4 Å². The Morgan fingerprint density at radius 3 is 2.21 bits per heavy atom. The van der Waals surface area contributed by atoms with Gasteiger partial charge >= 0.3 is 6.03 Å². The molecule has 4 aromatic rings. The van der Waals surface area contributed by atoms with Gasteiger partial charge in [0, 0.05) is 15.6 Å². The van der Waals surface area contributed by atoms with E-state index < -0.39 is 17.8 Å². The van der Waals surface area contributed by atoms with E-state index in [1.165, 1.54) is 18.2 Å². The van der Waals surface area contributed by atoms with Crippen molar-refractivity contribution >= 4 is 52.8 Å². The molecule has 1 heterocycles. The number of nitrogens with one attached hydrogen (secondary N) is 1. The number of anilines is 1. The van der Waals surface area contributed by atoms with E-state index >= 15 is 0 Å². The van der Waals surface area contributed by atoms with Crippen molar-refractivity contribution in [3.63, 3.8) is 0 Å². The van der Waals surface area contributed by atoms with Crippen LogP contribution in [0.1, 0.15) is 16.7 Å². The molecule has 1 aliphatic heterocycles. The number of hydrogen-bond donors (Lipinski definition) is 1. The monoisotopic (exact) mass is 602 g/mol. The van der Waals surface area contributed by atoms with E-state index in [9.17, 15) is 14.4 Å². The number of rotatable bonds is 9. The quantitative estimate of drug-likeness (QED) is 0.167. The zero-order chi connectivity index (χ0) is 29.6. The molecular formula is C32H24Cl2N2O6. The third-order valence-corrected chi connectivity index (χ3v) is 6.77. The van der Waals surface area contributed by atoms with Crippen LogP contribution < -0.4 is 24.4 Å². The molecule has 0 aromatic heterocycles. The summed E-state index contributed by atoms with van der Waals surface area (Å²) in [5.74, 6) is -0.164. The Kier molecular flexibility index (Phi) is 8.76. The van der Waals surface area contributed by atoms with E-state index in [-0.39, 0.29) is 17.9 Å². The van der Waals surface area contributed by atoms with Gasteiger partial charge in [-0.05, 0) is 65.7 Å². The van der Waals surface area contributed by atoms with Crippen molar-refractivity contribution in [1.82, 2.24) is 5.32 Å². The minimum atomic E-state index is -0.878. The first-order chi connectivity index (χ1) is 20.3. The third kappa shape index (κ3) is 6.57. The first-order valence-corrected chi connectivity index (χ1v) is 13.5. The second-order valence-corrected chi connectivity index (χ2v) is 10.0. The van der Waals surface area contributed by atoms with Crippen molar-refractivity contribution < 1.29 is 28.6 Å². The molecule has 42 heavy (non-hydrogen) atoms. The Hall–Kier alpha value is -4.79. The lowest BCUT2D eigenvalue weighted by molar-refractivity contribution is -0.122. The molecule has 1 saturated heterocycles. The number of methoxy groups -OCH3 is 1. The second-order valence-electron chi connectivity index (χ2n) is 9.17. The fourth-order valence-corrected chi connectivity index (χ4v) is 4.61. The van der Waals surface area contributed by atoms with E-state index in [0.29, 0.717) is 39.5 Å². The number of ether oxygens (including phenoxy) is 3. The summed E-state index contributed by atoms with van der Waals surface area (Å²) in [6.45, 7) is 0.531. The van der Waals surface area contributed by atoms with Gasteiger partial charge in [0.1, 0.15) is 24.5 Å². The van der Waals surface area contributed by atoms with Crippen LogP contribution >= 0.6 is 23.2 Å². The summed E-state index contributed by atoms with van der Waals surface area (Å²) >= 11 is 12.3. The van der Waals surface area contributed by atoms with Crippen molar-refractivity contribution in [1.29, 1.82) is 0 Å². The Balaban J connectivity index is 1.36. The Labute approximate surface area is 252 Å². The molecular weight excluding hydrogens is 579 g/mol.